The number of rotatable bonds is 4. The summed E-state index contributed by atoms with van der Waals surface area (Å²) in [5, 5.41) is 6.17. The number of hydrogen-bond acceptors (Lipinski definition) is 4. The van der Waals surface area contributed by atoms with Crippen LogP contribution in [-0.4, -0.2) is 18.6 Å². The van der Waals surface area contributed by atoms with Gasteiger partial charge in [0.2, 0.25) is 10.0 Å². The van der Waals surface area contributed by atoms with Gasteiger partial charge in [-0.3, -0.25) is 5.10 Å². The number of anilines is 1. The van der Waals surface area contributed by atoms with Crippen LogP contribution in [0.15, 0.2) is 35.4 Å². The molecule has 0 bridgehead atoms. The number of aromatic nitrogens is 2. The molecule has 0 aliphatic carbocycles. The van der Waals surface area contributed by atoms with Crippen molar-refractivity contribution in [3.8, 4) is 0 Å². The van der Waals surface area contributed by atoms with Crippen LogP contribution in [0.2, 0.25) is 0 Å². The SMILES string of the molecule is Nc1[nH]ncc1CNS(=O)(=O)c1ccc(F)cc1. The van der Waals surface area contributed by atoms with E-state index in [1.54, 1.807) is 0 Å². The van der Waals surface area contributed by atoms with Crippen LogP contribution < -0.4 is 10.5 Å². The topological polar surface area (TPSA) is 101 Å². The van der Waals surface area contributed by atoms with Crippen LogP contribution in [0.4, 0.5) is 10.2 Å². The van der Waals surface area contributed by atoms with Crippen LogP contribution in [0, 0.1) is 5.82 Å². The quantitative estimate of drug-likeness (QED) is 0.757. The third-order valence-electron chi connectivity index (χ3n) is 2.33. The van der Waals surface area contributed by atoms with Crippen molar-refractivity contribution in [2.24, 2.45) is 0 Å². The predicted molar refractivity (Wildman–Crippen MR) is 63.4 cm³/mol. The third kappa shape index (κ3) is 2.66. The highest BCUT2D eigenvalue weighted by Crippen LogP contribution is 2.11. The Kier molecular flexibility index (Phi) is 3.30. The second kappa shape index (κ2) is 4.75. The zero-order valence-electron chi connectivity index (χ0n) is 9.22. The Morgan fingerprint density at radius 3 is 2.56 bits per heavy atom. The van der Waals surface area contributed by atoms with E-state index in [4.69, 9.17) is 5.73 Å². The molecule has 0 aliphatic heterocycles. The number of hydrogen-bond donors (Lipinski definition) is 3. The second-order valence-electron chi connectivity index (χ2n) is 3.59. The smallest absolute Gasteiger partial charge is 0.240 e. The number of nitrogens with two attached hydrogens (primary N) is 1. The maximum atomic E-state index is 12.7. The highest BCUT2D eigenvalue weighted by atomic mass is 32.2. The molecule has 8 heteroatoms. The lowest BCUT2D eigenvalue weighted by molar-refractivity contribution is 0.580. The van der Waals surface area contributed by atoms with Crippen LogP contribution in [0.25, 0.3) is 0 Å². The molecule has 2 rings (SSSR count). The van der Waals surface area contributed by atoms with E-state index in [-0.39, 0.29) is 11.4 Å². The number of nitrogens with one attached hydrogen (secondary N) is 2. The number of benzene rings is 1. The van der Waals surface area contributed by atoms with Gasteiger partial charge >= 0.3 is 0 Å². The lowest BCUT2D eigenvalue weighted by Gasteiger charge is -2.05. The number of aromatic amines is 1. The average Bonchev–Trinajstić information content (AvgIpc) is 2.73. The summed E-state index contributed by atoms with van der Waals surface area (Å²) >= 11 is 0. The van der Waals surface area contributed by atoms with E-state index in [1.165, 1.54) is 18.3 Å². The van der Waals surface area contributed by atoms with Crippen molar-refractivity contribution in [2.45, 2.75) is 11.4 Å². The van der Waals surface area contributed by atoms with Gasteiger partial charge in [0.05, 0.1) is 11.1 Å². The minimum atomic E-state index is -3.68. The molecule has 0 fully saturated rings. The van der Waals surface area contributed by atoms with Gasteiger partial charge < -0.3 is 5.73 Å². The van der Waals surface area contributed by atoms with E-state index >= 15 is 0 Å². The minimum absolute atomic E-state index is 0.00836. The van der Waals surface area contributed by atoms with E-state index in [0.717, 1.165) is 12.1 Å². The van der Waals surface area contributed by atoms with Crippen molar-refractivity contribution in [3.05, 3.63) is 41.8 Å². The highest BCUT2D eigenvalue weighted by molar-refractivity contribution is 7.89. The summed E-state index contributed by atoms with van der Waals surface area (Å²) in [6, 6.07) is 4.55. The van der Waals surface area contributed by atoms with E-state index in [9.17, 15) is 12.8 Å². The molecule has 0 unspecified atom stereocenters. The number of nitrogens with zero attached hydrogens (tertiary/aromatic N) is 1. The molecule has 4 N–H and O–H groups in total. The van der Waals surface area contributed by atoms with E-state index in [2.05, 4.69) is 14.9 Å². The molecule has 0 saturated carbocycles. The van der Waals surface area contributed by atoms with Gasteiger partial charge in [0.1, 0.15) is 11.6 Å². The van der Waals surface area contributed by atoms with Crippen molar-refractivity contribution >= 4 is 15.8 Å². The number of halogens is 1. The summed E-state index contributed by atoms with van der Waals surface area (Å²) in [5.74, 6) is -0.190. The van der Waals surface area contributed by atoms with Crippen molar-refractivity contribution in [3.63, 3.8) is 0 Å². The maximum Gasteiger partial charge on any atom is 0.240 e. The first-order valence-corrected chi connectivity index (χ1v) is 6.50. The first-order valence-electron chi connectivity index (χ1n) is 5.02. The third-order valence-corrected chi connectivity index (χ3v) is 3.75. The summed E-state index contributed by atoms with van der Waals surface area (Å²) in [6.07, 6.45) is 1.43. The van der Waals surface area contributed by atoms with Gasteiger partial charge in [0.25, 0.3) is 0 Å². The van der Waals surface area contributed by atoms with Crippen molar-refractivity contribution in [1.29, 1.82) is 0 Å². The van der Waals surface area contributed by atoms with Gasteiger partial charge in [-0.05, 0) is 24.3 Å². The zero-order chi connectivity index (χ0) is 13.2. The average molecular weight is 270 g/mol. The fraction of sp³-hybridized carbons (Fsp3) is 0.100. The first-order chi connectivity index (χ1) is 8.49. The molecule has 0 atom stereocenters. The Hall–Kier alpha value is -1.93. The molecule has 0 saturated heterocycles. The summed E-state index contributed by atoms with van der Waals surface area (Å²) in [5.41, 5.74) is 6.07. The van der Waals surface area contributed by atoms with Gasteiger partial charge in [-0.15, -0.1) is 0 Å². The standard InChI is InChI=1S/C10H11FN4O2S/c11-8-1-3-9(4-2-8)18(16,17)14-6-7-5-13-15-10(7)12/h1-5,14H,6H2,(H3,12,13,15). The van der Waals surface area contributed by atoms with Crippen LogP contribution in [-0.2, 0) is 16.6 Å². The predicted octanol–water partition coefficient (Wildman–Crippen LogP) is 0.609. The Balaban J connectivity index is 2.13. The molecule has 1 aromatic carbocycles. The minimum Gasteiger partial charge on any atom is -0.384 e. The summed E-state index contributed by atoms with van der Waals surface area (Å²) in [7, 11) is -3.68. The molecule has 6 nitrogen and oxygen atoms in total. The maximum absolute atomic E-state index is 12.7. The summed E-state index contributed by atoms with van der Waals surface area (Å²) in [4.78, 5) is -0.00836. The van der Waals surface area contributed by atoms with E-state index in [1.807, 2.05) is 0 Å². The Labute approximate surface area is 103 Å². The highest BCUT2D eigenvalue weighted by Gasteiger charge is 2.14. The van der Waals surface area contributed by atoms with Crippen LogP contribution >= 0.6 is 0 Å². The molecule has 0 aliphatic rings. The molecule has 0 radical (unpaired) electrons. The molecule has 96 valence electrons. The molecular formula is C10H11FN4O2S. The zero-order valence-corrected chi connectivity index (χ0v) is 10.0. The summed E-state index contributed by atoms with van der Waals surface area (Å²) in [6.45, 7) is 0.0159. The number of H-pyrrole nitrogens is 1. The van der Waals surface area contributed by atoms with Crippen molar-refractivity contribution in [2.75, 3.05) is 5.73 Å². The van der Waals surface area contributed by atoms with Crippen LogP contribution in [0.5, 0.6) is 0 Å². The Morgan fingerprint density at radius 1 is 1.33 bits per heavy atom. The Morgan fingerprint density at radius 2 is 2.00 bits per heavy atom. The normalized spacial score (nSPS) is 11.6. The second-order valence-corrected chi connectivity index (χ2v) is 5.35. The van der Waals surface area contributed by atoms with Gasteiger partial charge in [-0.1, -0.05) is 0 Å². The van der Waals surface area contributed by atoms with Crippen molar-refractivity contribution < 1.29 is 12.8 Å². The first kappa shape index (κ1) is 12.5. The fourth-order valence-electron chi connectivity index (χ4n) is 1.33. The van der Waals surface area contributed by atoms with Crippen molar-refractivity contribution in [1.82, 2.24) is 14.9 Å². The van der Waals surface area contributed by atoms with Gasteiger partial charge in [0.15, 0.2) is 0 Å². The lowest BCUT2D eigenvalue weighted by atomic mass is 10.3. The molecule has 2 aromatic rings. The van der Waals surface area contributed by atoms with Gasteiger partial charge in [-0.25, -0.2) is 17.5 Å². The largest absolute Gasteiger partial charge is 0.384 e. The molecule has 0 amide bonds. The number of nitrogen functional groups attached to an aromatic ring is 1. The van der Waals surface area contributed by atoms with Gasteiger partial charge in [0, 0.05) is 12.1 Å². The fourth-order valence-corrected chi connectivity index (χ4v) is 2.34. The molecule has 1 heterocycles. The van der Waals surface area contributed by atoms with Gasteiger partial charge in [-0.2, -0.15) is 5.10 Å². The molecule has 18 heavy (non-hydrogen) atoms. The number of sulfonamides is 1. The van der Waals surface area contributed by atoms with E-state index < -0.39 is 15.8 Å². The Bertz CT molecular complexity index is 636. The summed E-state index contributed by atoms with van der Waals surface area (Å²) < 4.78 is 38.7. The van der Waals surface area contributed by atoms with E-state index in [0.29, 0.717) is 11.4 Å². The molecule has 1 aromatic heterocycles. The lowest BCUT2D eigenvalue weighted by Crippen LogP contribution is -2.23. The van der Waals surface area contributed by atoms with Crippen LogP contribution in [0.3, 0.4) is 0 Å². The monoisotopic (exact) mass is 270 g/mol. The molecular weight excluding hydrogens is 259 g/mol. The van der Waals surface area contributed by atoms with Crippen LogP contribution in [0.1, 0.15) is 5.56 Å². The molecule has 0 spiro atoms.